The monoisotopic (exact) mass is 464 g/mol. The van der Waals surface area contributed by atoms with Crippen LogP contribution in [0.25, 0.3) is 17.1 Å². The molecule has 0 atom stereocenters. The van der Waals surface area contributed by atoms with Crippen LogP contribution in [0.2, 0.25) is 0 Å². The molecule has 0 aliphatic rings. The Hall–Kier alpha value is -3.39. The van der Waals surface area contributed by atoms with Crippen molar-refractivity contribution in [2.75, 3.05) is 12.9 Å². The molecular weight excluding hydrogens is 439 g/mol. The van der Waals surface area contributed by atoms with Crippen molar-refractivity contribution < 1.29 is 13.9 Å². The number of aryl methyl sites for hydroxylation is 1. The average Bonchev–Trinajstić information content (AvgIpc) is 3.36. The van der Waals surface area contributed by atoms with E-state index in [0.717, 1.165) is 22.7 Å². The van der Waals surface area contributed by atoms with Crippen molar-refractivity contribution in [2.24, 2.45) is 0 Å². The number of ether oxygens (including phenoxy) is 1. The lowest BCUT2D eigenvalue weighted by atomic mass is 10.2. The highest BCUT2D eigenvalue weighted by Crippen LogP contribution is 2.31. The number of aromatic nitrogens is 4. The largest absolute Gasteiger partial charge is 0.496 e. The predicted molar refractivity (Wildman–Crippen MR) is 128 cm³/mol. The fraction of sp³-hybridized carbons (Fsp3) is 0.240. The lowest BCUT2D eigenvalue weighted by Crippen LogP contribution is -2.07. The summed E-state index contributed by atoms with van der Waals surface area (Å²) in [4.78, 5) is 13.1. The second-order valence-corrected chi connectivity index (χ2v) is 8.51. The molecule has 0 bridgehead atoms. The van der Waals surface area contributed by atoms with Crippen molar-refractivity contribution in [3.8, 4) is 22.8 Å². The van der Waals surface area contributed by atoms with Gasteiger partial charge in [-0.2, -0.15) is 0 Å². The van der Waals surface area contributed by atoms with Crippen LogP contribution in [0, 0.1) is 19.7 Å². The van der Waals surface area contributed by atoms with Crippen molar-refractivity contribution in [3.05, 3.63) is 77.4 Å². The van der Waals surface area contributed by atoms with E-state index < -0.39 is 0 Å². The maximum absolute atomic E-state index is 13.7. The zero-order valence-electron chi connectivity index (χ0n) is 19.0. The van der Waals surface area contributed by atoms with Crippen LogP contribution in [-0.4, -0.2) is 38.0 Å². The Bertz CT molecular complexity index is 1310. The van der Waals surface area contributed by atoms with E-state index in [-0.39, 0.29) is 17.4 Å². The van der Waals surface area contributed by atoms with Gasteiger partial charge in [-0.05, 0) is 57.2 Å². The number of hydrogen-bond acceptors (Lipinski definition) is 5. The van der Waals surface area contributed by atoms with Gasteiger partial charge in [-0.3, -0.25) is 4.79 Å². The van der Waals surface area contributed by atoms with Crippen LogP contribution in [0.1, 0.15) is 28.7 Å². The summed E-state index contributed by atoms with van der Waals surface area (Å²) in [5, 5.41) is 9.36. The Morgan fingerprint density at radius 2 is 1.88 bits per heavy atom. The second-order valence-electron chi connectivity index (χ2n) is 7.56. The van der Waals surface area contributed by atoms with Crippen molar-refractivity contribution in [1.82, 2.24) is 19.3 Å². The van der Waals surface area contributed by atoms with Crippen molar-refractivity contribution >= 4 is 17.5 Å². The molecular formula is C25H25FN4O2S. The smallest absolute Gasteiger partial charge is 0.191 e. The van der Waals surface area contributed by atoms with Crippen LogP contribution in [0.4, 0.5) is 4.39 Å². The highest BCUT2D eigenvalue weighted by molar-refractivity contribution is 7.99. The van der Waals surface area contributed by atoms with Crippen molar-refractivity contribution in [1.29, 1.82) is 0 Å². The molecule has 0 unspecified atom stereocenters. The van der Waals surface area contributed by atoms with E-state index in [9.17, 15) is 9.18 Å². The molecule has 0 spiro atoms. The minimum Gasteiger partial charge on any atom is -0.496 e. The summed E-state index contributed by atoms with van der Waals surface area (Å²) >= 11 is 1.36. The molecule has 6 nitrogen and oxygen atoms in total. The van der Waals surface area contributed by atoms with Crippen LogP contribution >= 0.6 is 11.8 Å². The Labute approximate surface area is 196 Å². The number of ketones is 1. The summed E-state index contributed by atoms with van der Waals surface area (Å²) in [6, 6.07) is 15.9. The average molecular weight is 465 g/mol. The summed E-state index contributed by atoms with van der Waals surface area (Å²) in [7, 11) is 1.63. The van der Waals surface area contributed by atoms with E-state index in [0.29, 0.717) is 28.8 Å². The van der Waals surface area contributed by atoms with Crippen LogP contribution < -0.4 is 4.74 Å². The number of para-hydroxylation sites is 1. The second kappa shape index (κ2) is 9.62. The summed E-state index contributed by atoms with van der Waals surface area (Å²) in [5.74, 6) is 1.32. The highest BCUT2D eigenvalue weighted by atomic mass is 32.2. The van der Waals surface area contributed by atoms with E-state index in [1.165, 1.54) is 23.9 Å². The summed E-state index contributed by atoms with van der Waals surface area (Å²) in [5.41, 5.74) is 3.84. The molecule has 2 heterocycles. The first-order valence-corrected chi connectivity index (χ1v) is 11.6. The Balaban J connectivity index is 1.57. The number of nitrogens with zero attached hydrogens (tertiary/aromatic N) is 4. The van der Waals surface area contributed by atoms with Crippen LogP contribution in [-0.2, 0) is 6.54 Å². The van der Waals surface area contributed by atoms with Gasteiger partial charge in [0.1, 0.15) is 11.6 Å². The van der Waals surface area contributed by atoms with Crippen LogP contribution in [0.5, 0.6) is 5.75 Å². The third-order valence-electron chi connectivity index (χ3n) is 5.51. The van der Waals surface area contributed by atoms with E-state index in [4.69, 9.17) is 4.74 Å². The molecule has 0 aliphatic carbocycles. The first-order chi connectivity index (χ1) is 15.9. The number of thioether (sulfide) groups is 1. The summed E-state index contributed by atoms with van der Waals surface area (Å²) in [6.45, 7) is 6.46. The third-order valence-corrected chi connectivity index (χ3v) is 6.48. The number of methoxy groups -OCH3 is 1. The quantitative estimate of drug-likeness (QED) is 0.255. The molecule has 4 rings (SSSR count). The molecule has 8 heteroatoms. The Morgan fingerprint density at radius 3 is 2.61 bits per heavy atom. The van der Waals surface area contributed by atoms with Crippen molar-refractivity contribution in [3.63, 3.8) is 0 Å². The molecule has 0 fully saturated rings. The molecule has 0 radical (unpaired) electrons. The first kappa shape index (κ1) is 22.8. The number of carbonyl (C=O) groups excluding carboxylic acids is 1. The van der Waals surface area contributed by atoms with E-state index in [1.807, 2.05) is 66.3 Å². The lowest BCUT2D eigenvalue weighted by molar-refractivity contribution is 0.102. The molecule has 0 N–H and O–H groups in total. The summed E-state index contributed by atoms with van der Waals surface area (Å²) in [6.07, 6.45) is 0. The molecule has 0 saturated carbocycles. The Morgan fingerprint density at radius 1 is 1.09 bits per heavy atom. The van der Waals surface area contributed by atoms with E-state index >= 15 is 0 Å². The number of hydrogen-bond donors (Lipinski definition) is 0. The molecule has 0 saturated heterocycles. The predicted octanol–water partition coefficient (Wildman–Crippen LogP) is 5.50. The molecule has 2 aromatic carbocycles. The van der Waals surface area contributed by atoms with Gasteiger partial charge in [-0.25, -0.2) is 4.39 Å². The molecule has 33 heavy (non-hydrogen) atoms. The lowest BCUT2D eigenvalue weighted by Gasteiger charge is -2.11. The van der Waals surface area contributed by atoms with Gasteiger partial charge < -0.3 is 13.9 Å². The minimum absolute atomic E-state index is 0.0137. The van der Waals surface area contributed by atoms with Gasteiger partial charge in [0.15, 0.2) is 16.8 Å². The number of benzene rings is 2. The van der Waals surface area contributed by atoms with Gasteiger partial charge in [0, 0.05) is 29.2 Å². The number of carbonyl (C=O) groups is 1. The maximum Gasteiger partial charge on any atom is 0.191 e. The Kier molecular flexibility index (Phi) is 6.65. The maximum atomic E-state index is 13.7. The van der Waals surface area contributed by atoms with Crippen molar-refractivity contribution in [2.45, 2.75) is 32.5 Å². The van der Waals surface area contributed by atoms with E-state index in [1.54, 1.807) is 13.2 Å². The normalized spacial score (nSPS) is 11.1. The molecule has 0 aliphatic heterocycles. The SMILES string of the molecule is CCn1c(SCC(=O)c2cc(C)n(-c3cccc(F)c3)c2C)nnc1-c1ccccc1OC. The number of rotatable bonds is 8. The van der Waals surface area contributed by atoms with Gasteiger partial charge in [0.05, 0.1) is 18.4 Å². The fourth-order valence-electron chi connectivity index (χ4n) is 3.97. The van der Waals surface area contributed by atoms with Gasteiger partial charge >= 0.3 is 0 Å². The zero-order chi connectivity index (χ0) is 23.5. The highest BCUT2D eigenvalue weighted by Gasteiger charge is 2.20. The standard InChI is InChI=1S/C25H25FN4O2S/c1-5-29-24(20-11-6-7-12-23(20)32-4)27-28-25(29)33-15-22(31)21-13-16(2)30(17(21)3)19-10-8-9-18(26)14-19/h6-14H,5,15H2,1-4H3. The topological polar surface area (TPSA) is 61.9 Å². The number of Topliss-reactive ketones (excluding diaryl/α,β-unsaturated/α-hetero) is 1. The van der Waals surface area contributed by atoms with Gasteiger partial charge in [-0.15, -0.1) is 10.2 Å². The summed E-state index contributed by atoms with van der Waals surface area (Å²) < 4.78 is 23.1. The minimum atomic E-state index is -0.312. The van der Waals surface area contributed by atoms with Crippen LogP contribution in [0.3, 0.4) is 0 Å². The zero-order valence-corrected chi connectivity index (χ0v) is 19.8. The molecule has 0 amide bonds. The molecule has 170 valence electrons. The molecule has 4 aromatic rings. The van der Waals surface area contributed by atoms with E-state index in [2.05, 4.69) is 10.2 Å². The van der Waals surface area contributed by atoms with Gasteiger partial charge in [0.25, 0.3) is 0 Å². The fourth-order valence-corrected chi connectivity index (χ4v) is 4.86. The first-order valence-electron chi connectivity index (χ1n) is 10.6. The van der Waals surface area contributed by atoms with Gasteiger partial charge in [-0.1, -0.05) is 30.0 Å². The number of halogens is 1. The third kappa shape index (κ3) is 4.43. The molecule has 2 aromatic heterocycles. The van der Waals surface area contributed by atoms with Gasteiger partial charge in [0.2, 0.25) is 0 Å². The van der Waals surface area contributed by atoms with Crippen LogP contribution in [0.15, 0.2) is 59.8 Å².